The van der Waals surface area contributed by atoms with Crippen LogP contribution in [0.15, 0.2) is 12.1 Å². The van der Waals surface area contributed by atoms with E-state index >= 15 is 0 Å². The number of hydrogen-bond donors (Lipinski definition) is 1. The summed E-state index contributed by atoms with van der Waals surface area (Å²) in [6, 6.07) is 1.03. The minimum absolute atomic E-state index is 0.128. The van der Waals surface area contributed by atoms with Gasteiger partial charge in [0.1, 0.15) is 5.56 Å². The minimum Gasteiger partial charge on any atom is -0.351 e. The van der Waals surface area contributed by atoms with Crippen LogP contribution in [-0.4, -0.2) is 17.4 Å². The molecule has 2 saturated carbocycles. The van der Waals surface area contributed by atoms with Crippen molar-refractivity contribution in [1.82, 2.24) is 5.32 Å². The van der Waals surface area contributed by atoms with Gasteiger partial charge in [0, 0.05) is 6.54 Å². The summed E-state index contributed by atoms with van der Waals surface area (Å²) >= 11 is 0. The lowest BCUT2D eigenvalue weighted by Crippen LogP contribution is -2.31. The molecule has 1 aromatic rings. The summed E-state index contributed by atoms with van der Waals surface area (Å²) in [4.78, 5) is 22.0. The number of halogens is 2. The molecule has 0 spiro atoms. The molecule has 2 aliphatic carbocycles. The van der Waals surface area contributed by atoms with Crippen LogP contribution in [0.4, 0.5) is 14.5 Å². The quantitative estimate of drug-likeness (QED) is 0.670. The predicted molar refractivity (Wildman–Crippen MR) is 69.7 cm³/mol. The maximum atomic E-state index is 13.2. The highest BCUT2D eigenvalue weighted by atomic mass is 19.2. The van der Waals surface area contributed by atoms with Gasteiger partial charge in [-0.2, -0.15) is 0 Å². The fourth-order valence-corrected chi connectivity index (χ4v) is 2.81. The number of nitrogens with zero attached hydrogens (tertiary/aromatic N) is 1. The van der Waals surface area contributed by atoms with E-state index in [1.807, 2.05) is 0 Å². The second kappa shape index (κ2) is 4.75. The first kappa shape index (κ1) is 13.9. The van der Waals surface area contributed by atoms with Gasteiger partial charge in [-0.25, -0.2) is 8.78 Å². The van der Waals surface area contributed by atoms with Gasteiger partial charge in [0.2, 0.25) is 0 Å². The SMILES string of the molecule is O=C(NCC1(C2CC2)CC1)c1cc(F)c(F)cc1[N+](=O)[O-]. The molecule has 5 nitrogen and oxygen atoms in total. The Morgan fingerprint density at radius 2 is 1.95 bits per heavy atom. The smallest absolute Gasteiger partial charge is 0.285 e. The zero-order valence-electron chi connectivity index (χ0n) is 11.2. The number of carbonyl (C=O) groups excluding carboxylic acids is 1. The molecule has 7 heteroatoms. The lowest BCUT2D eigenvalue weighted by molar-refractivity contribution is -0.385. The lowest BCUT2D eigenvalue weighted by atomic mass is 10.0. The molecule has 0 bridgehead atoms. The standard InChI is InChI=1S/C14H14F2N2O3/c15-10-5-9(12(18(20)21)6-11(10)16)13(19)17-7-14(3-4-14)8-1-2-8/h5-6,8H,1-4,7H2,(H,17,19). The van der Waals surface area contributed by atoms with E-state index in [2.05, 4.69) is 5.32 Å². The summed E-state index contributed by atoms with van der Waals surface area (Å²) < 4.78 is 26.3. The second-order valence-electron chi connectivity index (χ2n) is 5.86. The van der Waals surface area contributed by atoms with Gasteiger partial charge in [0.05, 0.1) is 11.0 Å². The number of carbonyl (C=O) groups is 1. The fourth-order valence-electron chi connectivity index (χ4n) is 2.81. The maximum Gasteiger partial charge on any atom is 0.285 e. The minimum atomic E-state index is -1.34. The van der Waals surface area contributed by atoms with Gasteiger partial charge in [0.25, 0.3) is 11.6 Å². The summed E-state index contributed by atoms with van der Waals surface area (Å²) in [5.41, 5.74) is -1.03. The van der Waals surface area contributed by atoms with Crippen molar-refractivity contribution in [3.05, 3.63) is 39.4 Å². The average molecular weight is 296 g/mol. The third-order valence-corrected chi connectivity index (χ3v) is 4.42. The fraction of sp³-hybridized carbons (Fsp3) is 0.500. The summed E-state index contributed by atoms with van der Waals surface area (Å²) in [7, 11) is 0. The monoisotopic (exact) mass is 296 g/mol. The van der Waals surface area contributed by atoms with Crippen LogP contribution in [0.2, 0.25) is 0 Å². The first-order chi connectivity index (χ1) is 9.93. The highest BCUT2D eigenvalue weighted by molar-refractivity contribution is 5.98. The first-order valence-corrected chi connectivity index (χ1v) is 6.84. The van der Waals surface area contributed by atoms with Crippen molar-refractivity contribution < 1.29 is 18.5 Å². The van der Waals surface area contributed by atoms with E-state index in [4.69, 9.17) is 0 Å². The van der Waals surface area contributed by atoms with E-state index in [0.717, 1.165) is 25.7 Å². The van der Waals surface area contributed by atoms with Crippen LogP contribution in [0.25, 0.3) is 0 Å². The molecule has 2 aliphatic rings. The van der Waals surface area contributed by atoms with Crippen LogP contribution in [0, 0.1) is 33.1 Å². The van der Waals surface area contributed by atoms with Crippen molar-refractivity contribution in [2.45, 2.75) is 25.7 Å². The van der Waals surface area contributed by atoms with Gasteiger partial charge in [-0.1, -0.05) is 0 Å². The van der Waals surface area contributed by atoms with Crippen molar-refractivity contribution in [2.24, 2.45) is 11.3 Å². The van der Waals surface area contributed by atoms with Gasteiger partial charge < -0.3 is 5.32 Å². The topological polar surface area (TPSA) is 72.2 Å². The molecule has 0 unspecified atom stereocenters. The summed E-state index contributed by atoms with van der Waals surface area (Å²) in [6.45, 7) is 0.437. The van der Waals surface area contributed by atoms with Gasteiger partial charge in [-0.15, -0.1) is 0 Å². The zero-order chi connectivity index (χ0) is 15.2. The molecule has 0 radical (unpaired) electrons. The van der Waals surface area contributed by atoms with E-state index in [-0.39, 0.29) is 5.41 Å². The molecule has 0 aromatic heterocycles. The molecular formula is C14H14F2N2O3. The van der Waals surface area contributed by atoms with Crippen LogP contribution in [-0.2, 0) is 0 Å². The van der Waals surface area contributed by atoms with E-state index in [1.165, 1.54) is 0 Å². The van der Waals surface area contributed by atoms with Crippen LogP contribution in [0.5, 0.6) is 0 Å². The molecule has 1 N–H and O–H groups in total. The number of benzene rings is 1. The number of amides is 1. The van der Waals surface area contributed by atoms with Crippen molar-refractivity contribution in [2.75, 3.05) is 6.54 Å². The highest BCUT2D eigenvalue weighted by Gasteiger charge is 2.53. The maximum absolute atomic E-state index is 13.2. The number of nitrogens with one attached hydrogen (secondary N) is 1. The molecule has 21 heavy (non-hydrogen) atoms. The molecular weight excluding hydrogens is 282 g/mol. The van der Waals surface area contributed by atoms with Crippen LogP contribution < -0.4 is 5.32 Å². The Labute approximate surface area is 119 Å². The second-order valence-corrected chi connectivity index (χ2v) is 5.86. The molecule has 0 heterocycles. The molecule has 0 aliphatic heterocycles. The Morgan fingerprint density at radius 1 is 1.33 bits per heavy atom. The lowest BCUT2D eigenvalue weighted by Gasteiger charge is -2.15. The summed E-state index contributed by atoms with van der Waals surface area (Å²) in [5.74, 6) is -2.71. The van der Waals surface area contributed by atoms with Crippen LogP contribution in [0.1, 0.15) is 36.0 Å². The molecule has 0 atom stereocenters. The Kier molecular flexibility index (Phi) is 3.15. The molecule has 112 valence electrons. The highest BCUT2D eigenvalue weighted by Crippen LogP contribution is 2.60. The third-order valence-electron chi connectivity index (χ3n) is 4.42. The molecule has 0 saturated heterocycles. The van der Waals surface area contributed by atoms with E-state index in [0.29, 0.717) is 24.6 Å². The van der Waals surface area contributed by atoms with Gasteiger partial charge in [-0.05, 0) is 43.1 Å². The largest absolute Gasteiger partial charge is 0.351 e. The van der Waals surface area contributed by atoms with Crippen molar-refractivity contribution in [1.29, 1.82) is 0 Å². The summed E-state index contributed by atoms with van der Waals surface area (Å²) in [5, 5.41) is 13.5. The molecule has 1 amide bonds. The van der Waals surface area contributed by atoms with Crippen LogP contribution in [0.3, 0.4) is 0 Å². The van der Waals surface area contributed by atoms with E-state index < -0.39 is 33.7 Å². The first-order valence-electron chi connectivity index (χ1n) is 6.84. The Bertz CT molecular complexity index is 625. The number of rotatable bonds is 5. The zero-order valence-corrected chi connectivity index (χ0v) is 11.2. The number of nitro groups is 1. The predicted octanol–water partition coefficient (Wildman–Crippen LogP) is 2.79. The van der Waals surface area contributed by atoms with E-state index in [1.54, 1.807) is 0 Å². The van der Waals surface area contributed by atoms with Gasteiger partial charge >= 0.3 is 0 Å². The summed E-state index contributed by atoms with van der Waals surface area (Å²) in [6.07, 6.45) is 4.39. The molecule has 1 aromatic carbocycles. The molecule has 2 fully saturated rings. The average Bonchev–Trinajstić information content (AvgIpc) is 3.30. The van der Waals surface area contributed by atoms with E-state index in [9.17, 15) is 23.7 Å². The normalized spacial score (nSPS) is 19.1. The van der Waals surface area contributed by atoms with Crippen LogP contribution >= 0.6 is 0 Å². The number of nitro benzene ring substituents is 1. The van der Waals surface area contributed by atoms with Crippen molar-refractivity contribution in [3.8, 4) is 0 Å². The van der Waals surface area contributed by atoms with Gasteiger partial charge in [-0.3, -0.25) is 14.9 Å². The third kappa shape index (κ3) is 2.59. The van der Waals surface area contributed by atoms with Crippen molar-refractivity contribution >= 4 is 11.6 Å². The Balaban J connectivity index is 1.77. The van der Waals surface area contributed by atoms with Gasteiger partial charge in [0.15, 0.2) is 11.6 Å². The molecule has 3 rings (SSSR count). The van der Waals surface area contributed by atoms with Crippen molar-refractivity contribution in [3.63, 3.8) is 0 Å². The Hall–Kier alpha value is -2.05. The Morgan fingerprint density at radius 3 is 2.48 bits per heavy atom. The number of hydrogen-bond acceptors (Lipinski definition) is 3.